The van der Waals surface area contributed by atoms with Crippen LogP contribution in [0.4, 0.5) is 0 Å². The van der Waals surface area contributed by atoms with Gasteiger partial charge in [-0.3, -0.25) is 10.1 Å². The van der Waals surface area contributed by atoms with E-state index in [1.54, 1.807) is 0 Å². The molecule has 0 bridgehead atoms. The predicted octanol–water partition coefficient (Wildman–Crippen LogP) is 2.11. The lowest BCUT2D eigenvalue weighted by Crippen LogP contribution is -2.52. The summed E-state index contributed by atoms with van der Waals surface area (Å²) in [7, 11) is 1.51. The van der Waals surface area contributed by atoms with Gasteiger partial charge in [0.05, 0.1) is 13.2 Å². The predicted molar refractivity (Wildman–Crippen MR) is 80.0 cm³/mol. The van der Waals surface area contributed by atoms with Gasteiger partial charge in [0, 0.05) is 23.7 Å². The van der Waals surface area contributed by atoms with Crippen LogP contribution >= 0.6 is 11.8 Å². The third kappa shape index (κ3) is 3.31. The molecule has 0 amide bonds. The Morgan fingerprint density at radius 1 is 1.40 bits per heavy atom. The first-order valence-corrected chi connectivity index (χ1v) is 8.86. The fourth-order valence-corrected chi connectivity index (χ4v) is 4.79. The first kappa shape index (κ1) is 14.7. The van der Waals surface area contributed by atoms with Crippen LogP contribution in [0, 0.1) is 0 Å². The van der Waals surface area contributed by atoms with Crippen molar-refractivity contribution >= 4 is 17.7 Å². The van der Waals surface area contributed by atoms with Crippen molar-refractivity contribution in [2.75, 3.05) is 19.5 Å². The van der Waals surface area contributed by atoms with Crippen molar-refractivity contribution in [1.29, 1.82) is 0 Å². The maximum atomic E-state index is 12.2. The summed E-state index contributed by atoms with van der Waals surface area (Å²) in [4.78, 5) is 12.2. The summed E-state index contributed by atoms with van der Waals surface area (Å²) in [5.74, 6) is 1.01. The summed E-state index contributed by atoms with van der Waals surface area (Å²) in [6.45, 7) is 0.922. The zero-order valence-corrected chi connectivity index (χ0v) is 13.0. The Balaban J connectivity index is 1.52. The molecule has 20 heavy (non-hydrogen) atoms. The largest absolute Gasteiger partial charge is 0.468 e. The minimum absolute atomic E-state index is 0.0652. The number of esters is 1. The summed E-state index contributed by atoms with van der Waals surface area (Å²) in [6, 6.07) is 0.538. The summed E-state index contributed by atoms with van der Waals surface area (Å²) < 4.78 is 10.7. The average Bonchev–Trinajstić information content (AvgIpc) is 2.95. The molecule has 0 aromatic carbocycles. The van der Waals surface area contributed by atoms with Crippen molar-refractivity contribution in [3.05, 3.63) is 0 Å². The average molecular weight is 299 g/mol. The molecule has 1 N–H and O–H groups in total. The molecule has 3 rings (SSSR count). The molecular weight excluding hydrogens is 274 g/mol. The minimum atomic E-state index is -0.413. The highest BCUT2D eigenvalue weighted by Crippen LogP contribution is 2.40. The molecule has 0 spiro atoms. The lowest BCUT2D eigenvalue weighted by molar-refractivity contribution is -0.148. The number of rotatable bonds is 6. The van der Waals surface area contributed by atoms with Gasteiger partial charge in [0.2, 0.25) is 0 Å². The van der Waals surface area contributed by atoms with Gasteiger partial charge in [-0.25, -0.2) is 0 Å². The normalized spacial score (nSPS) is 37.2. The van der Waals surface area contributed by atoms with E-state index in [9.17, 15) is 4.79 Å². The van der Waals surface area contributed by atoms with Gasteiger partial charge in [-0.2, -0.15) is 11.8 Å². The van der Waals surface area contributed by atoms with Crippen LogP contribution in [0.2, 0.25) is 0 Å². The second-order valence-corrected chi connectivity index (χ2v) is 7.66. The molecule has 114 valence electrons. The van der Waals surface area contributed by atoms with Crippen LogP contribution in [0.25, 0.3) is 0 Å². The molecule has 0 aromatic rings. The number of thioether (sulfide) groups is 1. The van der Waals surface area contributed by atoms with Gasteiger partial charge in [-0.05, 0) is 44.9 Å². The molecule has 1 heterocycles. The summed E-state index contributed by atoms with van der Waals surface area (Å²) >= 11 is 1.99. The number of methoxy groups -OCH3 is 1. The van der Waals surface area contributed by atoms with Crippen molar-refractivity contribution in [3.63, 3.8) is 0 Å². The van der Waals surface area contributed by atoms with Gasteiger partial charge in [-0.1, -0.05) is 0 Å². The van der Waals surface area contributed by atoms with E-state index in [-0.39, 0.29) is 5.97 Å². The highest BCUT2D eigenvalue weighted by Gasteiger charge is 2.48. The maximum absolute atomic E-state index is 12.2. The van der Waals surface area contributed by atoms with Gasteiger partial charge in [0.25, 0.3) is 0 Å². The Morgan fingerprint density at radius 3 is 2.90 bits per heavy atom. The van der Waals surface area contributed by atoms with Gasteiger partial charge in [0.1, 0.15) is 5.54 Å². The van der Waals surface area contributed by atoms with Crippen LogP contribution in [-0.4, -0.2) is 48.4 Å². The summed E-state index contributed by atoms with van der Waals surface area (Å²) in [5, 5.41) is 4.12. The number of carbonyl (C=O) groups excluding carboxylic acids is 1. The highest BCUT2D eigenvalue weighted by molar-refractivity contribution is 7.99. The molecule has 1 aliphatic heterocycles. The Hall–Kier alpha value is -0.260. The standard InChI is InChI=1S/C15H25NO3S/c1-18-14(17)15(16-11-4-5-11)7-6-13(9-15)20-10-12-3-2-8-19-12/h11-13,16H,2-10H2,1H3. The molecule has 3 unspecified atom stereocenters. The molecule has 0 radical (unpaired) electrons. The zero-order chi connectivity index (χ0) is 14.0. The van der Waals surface area contributed by atoms with E-state index in [4.69, 9.17) is 9.47 Å². The molecule has 5 heteroatoms. The molecule has 1 saturated heterocycles. The van der Waals surface area contributed by atoms with Crippen LogP contribution in [0.3, 0.4) is 0 Å². The molecule has 2 aliphatic carbocycles. The Morgan fingerprint density at radius 2 is 2.25 bits per heavy atom. The molecule has 3 aliphatic rings. The topological polar surface area (TPSA) is 47.6 Å². The molecule has 4 nitrogen and oxygen atoms in total. The lowest BCUT2D eigenvalue weighted by atomic mass is 9.97. The van der Waals surface area contributed by atoms with Gasteiger partial charge < -0.3 is 9.47 Å². The Bertz CT molecular complexity index is 355. The number of ether oxygens (including phenoxy) is 2. The van der Waals surface area contributed by atoms with E-state index in [1.165, 1.54) is 32.8 Å². The third-order valence-electron chi connectivity index (χ3n) is 4.64. The summed E-state index contributed by atoms with van der Waals surface area (Å²) in [6.07, 6.45) is 8.16. The van der Waals surface area contributed by atoms with Crippen LogP contribution in [-0.2, 0) is 14.3 Å². The van der Waals surface area contributed by atoms with Gasteiger partial charge in [-0.15, -0.1) is 0 Å². The van der Waals surface area contributed by atoms with Crippen molar-refractivity contribution in [3.8, 4) is 0 Å². The number of hydrogen-bond donors (Lipinski definition) is 1. The second-order valence-electron chi connectivity index (χ2n) is 6.33. The van der Waals surface area contributed by atoms with Crippen molar-refractivity contribution in [2.45, 2.75) is 67.9 Å². The Kier molecular flexibility index (Phi) is 4.58. The van der Waals surface area contributed by atoms with E-state index in [0.717, 1.165) is 31.6 Å². The fraction of sp³-hybridized carbons (Fsp3) is 0.933. The molecule has 3 atom stereocenters. The number of nitrogens with one attached hydrogen (secondary N) is 1. The summed E-state index contributed by atoms with van der Waals surface area (Å²) in [5.41, 5.74) is -0.413. The molecule has 3 fully saturated rings. The SMILES string of the molecule is COC(=O)C1(NC2CC2)CCC(SCC2CCCO2)C1. The molecule has 0 aromatic heterocycles. The van der Waals surface area contributed by atoms with E-state index in [0.29, 0.717) is 17.4 Å². The van der Waals surface area contributed by atoms with Crippen LogP contribution in [0.15, 0.2) is 0 Å². The van der Waals surface area contributed by atoms with Crippen molar-refractivity contribution < 1.29 is 14.3 Å². The van der Waals surface area contributed by atoms with Gasteiger partial charge in [0.15, 0.2) is 0 Å². The van der Waals surface area contributed by atoms with Gasteiger partial charge >= 0.3 is 5.97 Å². The van der Waals surface area contributed by atoms with Crippen LogP contribution < -0.4 is 5.32 Å². The van der Waals surface area contributed by atoms with E-state index >= 15 is 0 Å². The van der Waals surface area contributed by atoms with Crippen LogP contribution in [0.1, 0.15) is 44.9 Å². The quantitative estimate of drug-likeness (QED) is 0.761. The Labute approximate surface area is 125 Å². The maximum Gasteiger partial charge on any atom is 0.326 e. The first-order chi connectivity index (χ1) is 9.72. The third-order valence-corrected chi connectivity index (χ3v) is 6.08. The smallest absolute Gasteiger partial charge is 0.326 e. The fourth-order valence-electron chi connectivity index (χ4n) is 3.35. The molecule has 2 saturated carbocycles. The monoisotopic (exact) mass is 299 g/mol. The minimum Gasteiger partial charge on any atom is -0.468 e. The van der Waals surface area contributed by atoms with Crippen LogP contribution in [0.5, 0.6) is 0 Å². The zero-order valence-electron chi connectivity index (χ0n) is 12.2. The second kappa shape index (κ2) is 6.24. The number of carbonyl (C=O) groups is 1. The number of hydrogen-bond acceptors (Lipinski definition) is 5. The van der Waals surface area contributed by atoms with E-state index < -0.39 is 5.54 Å². The van der Waals surface area contributed by atoms with E-state index in [1.807, 2.05) is 11.8 Å². The lowest BCUT2D eigenvalue weighted by Gasteiger charge is -2.28. The van der Waals surface area contributed by atoms with Crippen molar-refractivity contribution in [1.82, 2.24) is 5.32 Å². The van der Waals surface area contributed by atoms with E-state index in [2.05, 4.69) is 5.32 Å². The highest BCUT2D eigenvalue weighted by atomic mass is 32.2. The van der Waals surface area contributed by atoms with Crippen molar-refractivity contribution in [2.24, 2.45) is 0 Å². The first-order valence-electron chi connectivity index (χ1n) is 7.81. The molecular formula is C15H25NO3S.